The summed E-state index contributed by atoms with van der Waals surface area (Å²) in [6.45, 7) is 3.59. The van der Waals surface area contributed by atoms with E-state index in [1.54, 1.807) is 13.8 Å². The van der Waals surface area contributed by atoms with E-state index in [4.69, 9.17) is 11.6 Å². The molecule has 0 aromatic heterocycles. The van der Waals surface area contributed by atoms with Gasteiger partial charge in [-0.2, -0.15) is 0 Å². The second-order valence-corrected chi connectivity index (χ2v) is 3.87. The lowest BCUT2D eigenvalue weighted by Gasteiger charge is -2.20. The van der Waals surface area contributed by atoms with E-state index in [-0.39, 0.29) is 18.8 Å². The molecule has 3 nitrogen and oxygen atoms in total. The van der Waals surface area contributed by atoms with Gasteiger partial charge in [0.2, 0.25) is 5.24 Å². The van der Waals surface area contributed by atoms with Crippen LogP contribution in [0.25, 0.3) is 0 Å². The minimum absolute atomic E-state index is 0.184. The van der Waals surface area contributed by atoms with E-state index >= 15 is 0 Å². The number of esters is 1. The van der Waals surface area contributed by atoms with Crippen LogP contribution in [-0.2, 0) is 14.3 Å². The van der Waals surface area contributed by atoms with E-state index in [1.807, 2.05) is 0 Å². The largest absolute Gasteiger partial charge is 0.469 e. The van der Waals surface area contributed by atoms with Crippen molar-refractivity contribution in [1.29, 1.82) is 0 Å². The van der Waals surface area contributed by atoms with Gasteiger partial charge in [0.1, 0.15) is 0 Å². The van der Waals surface area contributed by atoms with Crippen LogP contribution in [-0.4, -0.2) is 18.3 Å². The van der Waals surface area contributed by atoms with Gasteiger partial charge in [-0.05, 0) is 17.0 Å². The van der Waals surface area contributed by atoms with Gasteiger partial charge in [0.25, 0.3) is 0 Å². The Kier molecular flexibility index (Phi) is 4.24. The summed E-state index contributed by atoms with van der Waals surface area (Å²) < 4.78 is 4.47. The highest BCUT2D eigenvalue weighted by molar-refractivity contribution is 6.63. The molecule has 4 heteroatoms. The maximum absolute atomic E-state index is 10.8. The monoisotopic (exact) mass is 192 g/mol. The standard InChI is InChI=1S/C8H13ClO3/c1-8(2,4-6(9)10)5-7(11)12-3/h4-5H2,1-3H3. The number of hydrogen-bond donors (Lipinski definition) is 0. The second kappa shape index (κ2) is 4.45. The molecule has 0 fully saturated rings. The summed E-state index contributed by atoms with van der Waals surface area (Å²) >= 11 is 5.20. The third-order valence-corrected chi connectivity index (χ3v) is 1.60. The molecule has 0 amide bonds. The summed E-state index contributed by atoms with van der Waals surface area (Å²) in [6.07, 6.45) is 0.394. The van der Waals surface area contributed by atoms with Crippen molar-refractivity contribution >= 4 is 22.8 Å². The fourth-order valence-corrected chi connectivity index (χ4v) is 1.26. The summed E-state index contributed by atoms with van der Waals surface area (Å²) in [5, 5.41) is -0.427. The minimum atomic E-state index is -0.427. The van der Waals surface area contributed by atoms with Crippen molar-refractivity contribution in [1.82, 2.24) is 0 Å². The van der Waals surface area contributed by atoms with Gasteiger partial charge in [0.15, 0.2) is 0 Å². The van der Waals surface area contributed by atoms with E-state index in [0.717, 1.165) is 0 Å². The zero-order valence-electron chi connectivity index (χ0n) is 7.52. The Labute approximate surface area is 77.0 Å². The van der Waals surface area contributed by atoms with Crippen molar-refractivity contribution < 1.29 is 14.3 Å². The molecular weight excluding hydrogens is 180 g/mol. The number of methoxy groups -OCH3 is 1. The molecule has 0 atom stereocenters. The predicted octanol–water partition coefficient (Wildman–Crippen LogP) is 1.73. The predicted molar refractivity (Wildman–Crippen MR) is 45.9 cm³/mol. The molecule has 0 spiro atoms. The second-order valence-electron chi connectivity index (χ2n) is 3.45. The smallest absolute Gasteiger partial charge is 0.306 e. The van der Waals surface area contributed by atoms with E-state index in [0.29, 0.717) is 0 Å². The van der Waals surface area contributed by atoms with Crippen LogP contribution in [0.2, 0.25) is 0 Å². The first kappa shape index (κ1) is 11.4. The van der Waals surface area contributed by atoms with Crippen LogP contribution in [0.1, 0.15) is 26.7 Å². The Hall–Kier alpha value is -0.570. The lowest BCUT2D eigenvalue weighted by Crippen LogP contribution is -2.20. The summed E-state index contributed by atoms with van der Waals surface area (Å²) in [5.41, 5.74) is -0.411. The summed E-state index contributed by atoms with van der Waals surface area (Å²) in [7, 11) is 1.32. The molecule has 0 N–H and O–H groups in total. The molecule has 0 radical (unpaired) electrons. The quantitative estimate of drug-likeness (QED) is 0.503. The average molecular weight is 193 g/mol. The highest BCUT2D eigenvalue weighted by Gasteiger charge is 2.24. The fourth-order valence-electron chi connectivity index (χ4n) is 0.902. The SMILES string of the molecule is COC(=O)CC(C)(C)CC(=O)Cl. The number of hydrogen-bond acceptors (Lipinski definition) is 3. The molecule has 12 heavy (non-hydrogen) atoms. The van der Waals surface area contributed by atoms with Crippen molar-refractivity contribution in [2.75, 3.05) is 7.11 Å². The molecule has 0 aliphatic heterocycles. The van der Waals surface area contributed by atoms with Crippen molar-refractivity contribution in [2.24, 2.45) is 5.41 Å². The fraction of sp³-hybridized carbons (Fsp3) is 0.750. The first-order chi connectivity index (χ1) is 5.37. The van der Waals surface area contributed by atoms with Gasteiger partial charge in [-0.1, -0.05) is 13.8 Å². The maximum atomic E-state index is 10.8. The molecule has 0 rings (SSSR count). The third kappa shape index (κ3) is 5.13. The van der Waals surface area contributed by atoms with Crippen LogP contribution in [0.15, 0.2) is 0 Å². The molecular formula is C8H13ClO3. The van der Waals surface area contributed by atoms with E-state index in [2.05, 4.69) is 4.74 Å². The Bertz CT molecular complexity index is 187. The van der Waals surface area contributed by atoms with Crippen molar-refractivity contribution in [3.63, 3.8) is 0 Å². The van der Waals surface area contributed by atoms with Gasteiger partial charge in [0.05, 0.1) is 13.5 Å². The molecule has 0 bridgehead atoms. The average Bonchev–Trinajstić information content (AvgIpc) is 1.83. The van der Waals surface area contributed by atoms with Gasteiger partial charge in [-0.15, -0.1) is 0 Å². The van der Waals surface area contributed by atoms with Crippen molar-refractivity contribution in [3.8, 4) is 0 Å². The normalized spacial score (nSPS) is 11.0. The molecule has 0 saturated carbocycles. The Morgan fingerprint density at radius 1 is 1.33 bits per heavy atom. The van der Waals surface area contributed by atoms with Crippen molar-refractivity contribution in [3.05, 3.63) is 0 Å². The van der Waals surface area contributed by atoms with Gasteiger partial charge < -0.3 is 4.74 Å². The highest BCUT2D eigenvalue weighted by atomic mass is 35.5. The van der Waals surface area contributed by atoms with Crippen LogP contribution >= 0.6 is 11.6 Å². The molecule has 0 aliphatic rings. The van der Waals surface area contributed by atoms with Gasteiger partial charge in [0, 0.05) is 6.42 Å². The van der Waals surface area contributed by atoms with Crippen LogP contribution in [0.4, 0.5) is 0 Å². The highest BCUT2D eigenvalue weighted by Crippen LogP contribution is 2.26. The van der Waals surface area contributed by atoms with Crippen molar-refractivity contribution in [2.45, 2.75) is 26.7 Å². The Morgan fingerprint density at radius 3 is 2.17 bits per heavy atom. The molecule has 0 unspecified atom stereocenters. The van der Waals surface area contributed by atoms with Crippen LogP contribution in [0.5, 0.6) is 0 Å². The number of ether oxygens (including phenoxy) is 1. The molecule has 0 aliphatic carbocycles. The summed E-state index contributed by atoms with van der Waals surface area (Å²) in [4.78, 5) is 21.4. The zero-order chi connectivity index (χ0) is 9.78. The molecule has 0 heterocycles. The van der Waals surface area contributed by atoms with Gasteiger partial charge in [-0.25, -0.2) is 0 Å². The molecule has 0 aromatic rings. The van der Waals surface area contributed by atoms with Gasteiger partial charge >= 0.3 is 5.97 Å². The Morgan fingerprint density at radius 2 is 1.83 bits per heavy atom. The van der Waals surface area contributed by atoms with E-state index in [1.165, 1.54) is 7.11 Å². The first-order valence-electron chi connectivity index (χ1n) is 3.62. The minimum Gasteiger partial charge on any atom is -0.469 e. The van der Waals surface area contributed by atoms with Crippen LogP contribution in [0, 0.1) is 5.41 Å². The Balaban J connectivity index is 4.03. The maximum Gasteiger partial charge on any atom is 0.306 e. The number of carbonyl (C=O) groups is 2. The number of halogens is 1. The lowest BCUT2D eigenvalue weighted by molar-refractivity contribution is -0.143. The van der Waals surface area contributed by atoms with Crippen LogP contribution < -0.4 is 0 Å². The lowest BCUT2D eigenvalue weighted by atomic mass is 9.86. The summed E-state index contributed by atoms with van der Waals surface area (Å²) in [5.74, 6) is -0.321. The van der Waals surface area contributed by atoms with Gasteiger partial charge in [-0.3, -0.25) is 9.59 Å². The number of rotatable bonds is 4. The molecule has 0 aromatic carbocycles. The number of carbonyl (C=O) groups excluding carboxylic acids is 2. The van der Waals surface area contributed by atoms with E-state index in [9.17, 15) is 9.59 Å². The summed E-state index contributed by atoms with van der Waals surface area (Å²) in [6, 6.07) is 0. The molecule has 70 valence electrons. The third-order valence-electron chi connectivity index (χ3n) is 1.47. The zero-order valence-corrected chi connectivity index (χ0v) is 8.27. The molecule has 0 saturated heterocycles. The van der Waals surface area contributed by atoms with Crippen LogP contribution in [0.3, 0.4) is 0 Å². The first-order valence-corrected chi connectivity index (χ1v) is 4.00. The van der Waals surface area contributed by atoms with E-state index < -0.39 is 10.7 Å². The topological polar surface area (TPSA) is 43.4 Å².